The van der Waals surface area contributed by atoms with Gasteiger partial charge in [-0.15, -0.1) is 13.2 Å². The van der Waals surface area contributed by atoms with Gasteiger partial charge in [0.1, 0.15) is 6.61 Å². The van der Waals surface area contributed by atoms with Crippen molar-refractivity contribution < 1.29 is 24.2 Å². The van der Waals surface area contributed by atoms with Crippen molar-refractivity contribution in [1.29, 1.82) is 0 Å². The van der Waals surface area contributed by atoms with E-state index in [4.69, 9.17) is 4.74 Å². The molecule has 3 N–H and O–H groups in total. The van der Waals surface area contributed by atoms with Gasteiger partial charge in [-0.2, -0.15) is 0 Å². The van der Waals surface area contributed by atoms with Crippen LogP contribution in [0.2, 0.25) is 0 Å². The predicted octanol–water partition coefficient (Wildman–Crippen LogP) is 4.44. The van der Waals surface area contributed by atoms with E-state index in [2.05, 4.69) is 23.8 Å². The average Bonchev–Trinajstić information content (AvgIpc) is 2.93. The summed E-state index contributed by atoms with van der Waals surface area (Å²) < 4.78 is 5.48. The van der Waals surface area contributed by atoms with Crippen LogP contribution in [-0.4, -0.2) is 42.1 Å². The first-order valence-corrected chi connectivity index (χ1v) is 13.1. The Balaban J connectivity index is 1.99. The molecule has 7 nitrogen and oxygen atoms in total. The molecule has 0 fully saturated rings. The lowest BCUT2D eigenvalue weighted by atomic mass is 9.98. The normalized spacial score (nSPS) is 13.0. The minimum atomic E-state index is -0.663. The molecule has 7 heteroatoms. The van der Waals surface area contributed by atoms with Crippen LogP contribution in [0.3, 0.4) is 0 Å². The van der Waals surface area contributed by atoms with Crippen LogP contribution in [0.1, 0.15) is 55.7 Å². The van der Waals surface area contributed by atoms with E-state index in [1.165, 1.54) is 0 Å². The number of carbonyl (C=O) groups excluding carboxylic acids is 3. The van der Waals surface area contributed by atoms with E-state index in [-0.39, 0.29) is 37.4 Å². The number of aliphatic hydroxyl groups excluding tert-OH is 1. The molecule has 0 aliphatic rings. The number of aliphatic hydroxyl groups is 1. The van der Waals surface area contributed by atoms with Gasteiger partial charge in [0.05, 0.1) is 24.6 Å². The molecule has 2 aromatic carbocycles. The second-order valence-corrected chi connectivity index (χ2v) is 9.25. The number of amides is 2. The standard InChI is InChI=1S/C31H40N2O5/c1-3-5-6-13-19-30(36)38-23-28(25-17-11-8-12-18-25)33-31(37)26(14-4-2)21-29(35)32-27(22-34)20-24-15-9-7-10-16-24/h3-4,7-12,15-18,26-28,34H,1-2,5-6,13-14,19-23H2,(H,32,35)(H,33,37)/t26-,27-,28+/m1/s1. The van der Waals surface area contributed by atoms with E-state index in [1.54, 1.807) is 6.08 Å². The van der Waals surface area contributed by atoms with Crippen LogP contribution in [0.5, 0.6) is 0 Å². The summed E-state index contributed by atoms with van der Waals surface area (Å²) in [4.78, 5) is 38.3. The molecule has 0 aliphatic carbocycles. The summed E-state index contributed by atoms with van der Waals surface area (Å²) in [7, 11) is 0. The third-order valence-electron chi connectivity index (χ3n) is 6.13. The van der Waals surface area contributed by atoms with Crippen molar-refractivity contribution in [2.24, 2.45) is 5.92 Å². The van der Waals surface area contributed by atoms with Crippen LogP contribution in [-0.2, 0) is 25.5 Å². The highest BCUT2D eigenvalue weighted by Gasteiger charge is 2.25. The fourth-order valence-electron chi connectivity index (χ4n) is 4.06. The van der Waals surface area contributed by atoms with Gasteiger partial charge >= 0.3 is 5.97 Å². The lowest BCUT2D eigenvalue weighted by molar-refractivity contribution is -0.145. The number of nitrogens with one attached hydrogen (secondary N) is 2. The highest BCUT2D eigenvalue weighted by atomic mass is 16.5. The number of ether oxygens (including phenoxy) is 1. The molecule has 0 bridgehead atoms. The molecule has 38 heavy (non-hydrogen) atoms. The predicted molar refractivity (Wildman–Crippen MR) is 149 cm³/mol. The number of benzene rings is 2. The monoisotopic (exact) mass is 520 g/mol. The zero-order valence-corrected chi connectivity index (χ0v) is 22.0. The highest BCUT2D eigenvalue weighted by molar-refractivity contribution is 5.86. The van der Waals surface area contributed by atoms with Crippen LogP contribution < -0.4 is 10.6 Å². The summed E-state index contributed by atoms with van der Waals surface area (Å²) in [6.07, 6.45) is 6.87. The Labute approximate surface area is 226 Å². The van der Waals surface area contributed by atoms with Gasteiger partial charge < -0.3 is 20.5 Å². The highest BCUT2D eigenvalue weighted by Crippen LogP contribution is 2.18. The Morgan fingerprint density at radius 3 is 2.24 bits per heavy atom. The third kappa shape index (κ3) is 11.6. The second-order valence-electron chi connectivity index (χ2n) is 9.25. The zero-order chi connectivity index (χ0) is 27.6. The summed E-state index contributed by atoms with van der Waals surface area (Å²) >= 11 is 0. The molecule has 2 rings (SSSR count). The van der Waals surface area contributed by atoms with Gasteiger partial charge in [-0.3, -0.25) is 14.4 Å². The lowest BCUT2D eigenvalue weighted by Crippen LogP contribution is -2.42. The summed E-state index contributed by atoms with van der Waals surface area (Å²) in [6, 6.07) is 17.8. The van der Waals surface area contributed by atoms with Crippen LogP contribution in [0.4, 0.5) is 0 Å². The number of unbranched alkanes of at least 4 members (excludes halogenated alkanes) is 2. The van der Waals surface area contributed by atoms with Crippen LogP contribution in [0, 0.1) is 5.92 Å². The Hall–Kier alpha value is -3.71. The second kappa shape index (κ2) is 17.7. The average molecular weight is 521 g/mol. The SMILES string of the molecule is C=CCCCCC(=O)OC[C@H](NC(=O)[C@H](CC=C)CC(=O)N[C@@H](CO)Cc1ccccc1)c1ccccc1. The molecular formula is C31H40N2O5. The van der Waals surface area contributed by atoms with E-state index in [1.807, 2.05) is 66.7 Å². The van der Waals surface area contributed by atoms with Gasteiger partial charge in [0.2, 0.25) is 11.8 Å². The first-order chi connectivity index (χ1) is 18.5. The van der Waals surface area contributed by atoms with Crippen molar-refractivity contribution in [3.05, 3.63) is 97.1 Å². The molecule has 0 aromatic heterocycles. The maximum Gasteiger partial charge on any atom is 0.305 e. The first kappa shape index (κ1) is 30.5. The molecule has 0 unspecified atom stereocenters. The summed E-state index contributed by atoms with van der Waals surface area (Å²) in [5.74, 6) is -1.65. The molecule has 0 saturated carbocycles. The van der Waals surface area contributed by atoms with E-state index in [9.17, 15) is 19.5 Å². The number of esters is 1. The van der Waals surface area contributed by atoms with E-state index >= 15 is 0 Å². The molecule has 2 amide bonds. The molecule has 0 aliphatic heterocycles. The van der Waals surface area contributed by atoms with E-state index in [0.717, 1.165) is 24.0 Å². The molecular weight excluding hydrogens is 480 g/mol. The lowest BCUT2D eigenvalue weighted by Gasteiger charge is -2.23. The molecule has 0 radical (unpaired) electrons. The van der Waals surface area contributed by atoms with Gasteiger partial charge in [0.25, 0.3) is 0 Å². The van der Waals surface area contributed by atoms with Crippen molar-refractivity contribution in [3.63, 3.8) is 0 Å². The van der Waals surface area contributed by atoms with Crippen LogP contribution >= 0.6 is 0 Å². The minimum Gasteiger partial charge on any atom is -0.463 e. The number of rotatable bonds is 18. The number of allylic oxidation sites excluding steroid dienone is 2. The van der Waals surface area contributed by atoms with Crippen molar-refractivity contribution in [2.45, 2.75) is 57.0 Å². The first-order valence-electron chi connectivity index (χ1n) is 13.1. The van der Waals surface area contributed by atoms with E-state index < -0.39 is 18.0 Å². The molecule has 0 saturated heterocycles. The van der Waals surface area contributed by atoms with Crippen molar-refractivity contribution in [1.82, 2.24) is 10.6 Å². The van der Waals surface area contributed by atoms with Crippen LogP contribution in [0.15, 0.2) is 86.0 Å². The number of hydrogen-bond donors (Lipinski definition) is 3. The Morgan fingerprint density at radius 2 is 1.61 bits per heavy atom. The molecule has 204 valence electrons. The Morgan fingerprint density at radius 1 is 0.921 bits per heavy atom. The number of carbonyl (C=O) groups is 3. The third-order valence-corrected chi connectivity index (χ3v) is 6.13. The van der Waals surface area contributed by atoms with Gasteiger partial charge in [-0.25, -0.2) is 0 Å². The topological polar surface area (TPSA) is 105 Å². The number of hydrogen-bond acceptors (Lipinski definition) is 5. The largest absolute Gasteiger partial charge is 0.463 e. The van der Waals surface area contributed by atoms with Crippen molar-refractivity contribution >= 4 is 17.8 Å². The van der Waals surface area contributed by atoms with Gasteiger partial charge in [-0.1, -0.05) is 72.8 Å². The Kier molecular flexibility index (Phi) is 14.2. The van der Waals surface area contributed by atoms with Gasteiger partial charge in [0.15, 0.2) is 0 Å². The molecule has 2 aromatic rings. The maximum absolute atomic E-state index is 13.2. The minimum absolute atomic E-state index is 0.00723. The van der Waals surface area contributed by atoms with Gasteiger partial charge in [0, 0.05) is 12.8 Å². The molecule has 0 heterocycles. The van der Waals surface area contributed by atoms with Gasteiger partial charge in [-0.05, 0) is 43.2 Å². The zero-order valence-electron chi connectivity index (χ0n) is 22.0. The summed E-state index contributed by atoms with van der Waals surface area (Å²) in [5.41, 5.74) is 1.79. The maximum atomic E-state index is 13.2. The van der Waals surface area contributed by atoms with Crippen molar-refractivity contribution in [2.75, 3.05) is 13.2 Å². The summed E-state index contributed by atoms with van der Waals surface area (Å²) in [5, 5.41) is 15.5. The molecule has 3 atom stereocenters. The fraction of sp³-hybridized carbons (Fsp3) is 0.387. The van der Waals surface area contributed by atoms with Crippen LogP contribution in [0.25, 0.3) is 0 Å². The fourth-order valence-corrected chi connectivity index (χ4v) is 4.06. The van der Waals surface area contributed by atoms with Crippen molar-refractivity contribution in [3.8, 4) is 0 Å². The smallest absolute Gasteiger partial charge is 0.305 e. The molecule has 0 spiro atoms. The van der Waals surface area contributed by atoms with E-state index in [0.29, 0.717) is 25.7 Å². The Bertz CT molecular complexity index is 1010. The summed E-state index contributed by atoms with van der Waals surface area (Å²) in [6.45, 7) is 7.19. The quantitative estimate of drug-likeness (QED) is 0.153.